The maximum Gasteiger partial charge on any atom is 0.0820 e. The first-order chi connectivity index (χ1) is 7.22. The predicted octanol–water partition coefficient (Wildman–Crippen LogP) is 2.57. The van der Waals surface area contributed by atoms with E-state index < -0.39 is 0 Å². The molecule has 1 aliphatic rings. The molecule has 0 spiro atoms. The van der Waals surface area contributed by atoms with Gasteiger partial charge in [0.1, 0.15) is 0 Å². The smallest absolute Gasteiger partial charge is 0.0820 e. The van der Waals surface area contributed by atoms with E-state index >= 15 is 0 Å². The SMILES string of the molecule is CCn1ncc(Cl)c1C1CCCC(O)C1. The summed E-state index contributed by atoms with van der Waals surface area (Å²) in [7, 11) is 0. The van der Waals surface area contributed by atoms with Crippen LogP contribution in [0.2, 0.25) is 5.02 Å². The minimum absolute atomic E-state index is 0.167. The Morgan fingerprint density at radius 3 is 3.07 bits per heavy atom. The zero-order valence-corrected chi connectivity index (χ0v) is 9.74. The van der Waals surface area contributed by atoms with Gasteiger partial charge in [0.2, 0.25) is 0 Å². The summed E-state index contributed by atoms with van der Waals surface area (Å²) in [4.78, 5) is 0. The van der Waals surface area contributed by atoms with Crippen LogP contribution >= 0.6 is 11.6 Å². The summed E-state index contributed by atoms with van der Waals surface area (Å²) in [5.74, 6) is 0.378. The molecule has 0 aliphatic heterocycles. The molecule has 0 saturated heterocycles. The Kier molecular flexibility index (Phi) is 3.32. The van der Waals surface area contributed by atoms with Crippen LogP contribution in [0.4, 0.5) is 0 Å². The molecule has 1 aliphatic carbocycles. The fourth-order valence-electron chi connectivity index (χ4n) is 2.44. The molecular weight excluding hydrogens is 212 g/mol. The summed E-state index contributed by atoms with van der Waals surface area (Å²) in [6, 6.07) is 0. The third-order valence-corrected chi connectivity index (χ3v) is 3.46. The minimum atomic E-state index is -0.167. The van der Waals surface area contributed by atoms with Crippen molar-refractivity contribution in [3.63, 3.8) is 0 Å². The van der Waals surface area contributed by atoms with Gasteiger partial charge in [-0.15, -0.1) is 0 Å². The highest BCUT2D eigenvalue weighted by Gasteiger charge is 2.26. The highest BCUT2D eigenvalue weighted by molar-refractivity contribution is 6.31. The lowest BCUT2D eigenvalue weighted by Crippen LogP contribution is -2.20. The molecule has 4 heteroatoms. The number of hydrogen-bond donors (Lipinski definition) is 1. The van der Waals surface area contributed by atoms with Gasteiger partial charge in [-0.05, 0) is 26.2 Å². The first-order valence-corrected chi connectivity index (χ1v) is 5.99. The molecule has 0 bridgehead atoms. The highest BCUT2D eigenvalue weighted by Crippen LogP contribution is 2.36. The van der Waals surface area contributed by atoms with Gasteiger partial charge in [-0.25, -0.2) is 0 Å². The first-order valence-electron chi connectivity index (χ1n) is 5.61. The van der Waals surface area contributed by atoms with Gasteiger partial charge in [0.05, 0.1) is 23.0 Å². The maximum absolute atomic E-state index is 9.66. The van der Waals surface area contributed by atoms with Gasteiger partial charge in [0.25, 0.3) is 0 Å². The molecule has 1 fully saturated rings. The van der Waals surface area contributed by atoms with Crippen LogP contribution in [0.3, 0.4) is 0 Å². The van der Waals surface area contributed by atoms with Crippen LogP contribution in [0.15, 0.2) is 6.20 Å². The molecule has 84 valence electrons. The Morgan fingerprint density at radius 1 is 1.60 bits per heavy atom. The third kappa shape index (κ3) is 2.18. The van der Waals surface area contributed by atoms with E-state index in [-0.39, 0.29) is 6.10 Å². The third-order valence-electron chi connectivity index (χ3n) is 3.17. The van der Waals surface area contributed by atoms with E-state index in [9.17, 15) is 5.11 Å². The van der Waals surface area contributed by atoms with Crippen molar-refractivity contribution in [2.24, 2.45) is 0 Å². The van der Waals surface area contributed by atoms with Crippen LogP contribution in [-0.2, 0) is 6.54 Å². The van der Waals surface area contributed by atoms with Gasteiger partial charge in [-0.2, -0.15) is 5.10 Å². The molecule has 1 heterocycles. The number of rotatable bonds is 2. The Bertz CT molecular complexity index is 337. The largest absolute Gasteiger partial charge is 0.393 e. The highest BCUT2D eigenvalue weighted by atomic mass is 35.5. The predicted molar refractivity (Wildman–Crippen MR) is 60.1 cm³/mol. The number of aliphatic hydroxyl groups is 1. The van der Waals surface area contributed by atoms with Crippen LogP contribution in [0.1, 0.15) is 44.2 Å². The fraction of sp³-hybridized carbons (Fsp3) is 0.727. The summed E-state index contributed by atoms with van der Waals surface area (Å²) >= 11 is 6.14. The summed E-state index contributed by atoms with van der Waals surface area (Å²) in [6.07, 6.45) is 5.49. The van der Waals surface area contributed by atoms with Gasteiger partial charge < -0.3 is 5.11 Å². The Balaban J connectivity index is 2.23. The van der Waals surface area contributed by atoms with Crippen LogP contribution in [0.5, 0.6) is 0 Å². The fourth-order valence-corrected chi connectivity index (χ4v) is 2.74. The second-order valence-corrected chi connectivity index (χ2v) is 4.62. The average molecular weight is 229 g/mol. The quantitative estimate of drug-likeness (QED) is 0.845. The molecule has 15 heavy (non-hydrogen) atoms. The molecular formula is C11H17ClN2O. The second-order valence-electron chi connectivity index (χ2n) is 4.21. The van der Waals surface area contributed by atoms with E-state index in [1.165, 1.54) is 0 Å². The molecule has 0 amide bonds. The monoisotopic (exact) mass is 228 g/mol. The number of halogens is 1. The maximum atomic E-state index is 9.66. The summed E-state index contributed by atoms with van der Waals surface area (Å²) in [5, 5.41) is 14.6. The molecule has 0 radical (unpaired) electrons. The summed E-state index contributed by atoms with van der Waals surface area (Å²) in [6.45, 7) is 2.90. The van der Waals surface area contributed by atoms with Crippen molar-refractivity contribution in [2.45, 2.75) is 51.2 Å². The molecule has 2 atom stereocenters. The zero-order valence-electron chi connectivity index (χ0n) is 8.99. The van der Waals surface area contributed by atoms with Gasteiger partial charge in [-0.1, -0.05) is 18.0 Å². The molecule has 1 N–H and O–H groups in total. The van der Waals surface area contributed by atoms with Crippen LogP contribution in [0, 0.1) is 0 Å². The van der Waals surface area contributed by atoms with E-state index in [0.717, 1.165) is 42.9 Å². The Morgan fingerprint density at radius 2 is 2.40 bits per heavy atom. The molecule has 2 rings (SSSR count). The van der Waals surface area contributed by atoms with Crippen molar-refractivity contribution in [3.8, 4) is 0 Å². The van der Waals surface area contributed by atoms with Crippen molar-refractivity contribution in [1.82, 2.24) is 9.78 Å². The van der Waals surface area contributed by atoms with Crippen LogP contribution < -0.4 is 0 Å². The number of aryl methyl sites for hydroxylation is 1. The van der Waals surface area contributed by atoms with Crippen molar-refractivity contribution >= 4 is 11.6 Å². The van der Waals surface area contributed by atoms with E-state index in [2.05, 4.69) is 12.0 Å². The molecule has 2 unspecified atom stereocenters. The van der Waals surface area contributed by atoms with Gasteiger partial charge in [0.15, 0.2) is 0 Å². The number of hydrogen-bond acceptors (Lipinski definition) is 2. The van der Waals surface area contributed by atoms with E-state index in [1.807, 2.05) is 4.68 Å². The molecule has 0 aromatic carbocycles. The van der Waals surface area contributed by atoms with Gasteiger partial charge in [-0.3, -0.25) is 4.68 Å². The summed E-state index contributed by atoms with van der Waals surface area (Å²) < 4.78 is 1.95. The van der Waals surface area contributed by atoms with E-state index in [4.69, 9.17) is 11.6 Å². The zero-order chi connectivity index (χ0) is 10.8. The number of nitrogens with zero attached hydrogens (tertiary/aromatic N) is 2. The average Bonchev–Trinajstić information content (AvgIpc) is 2.59. The van der Waals surface area contributed by atoms with Crippen LogP contribution in [0.25, 0.3) is 0 Å². The number of aromatic nitrogens is 2. The summed E-state index contributed by atoms with van der Waals surface area (Å²) in [5.41, 5.74) is 1.11. The molecule has 1 aromatic heterocycles. The second kappa shape index (κ2) is 4.54. The van der Waals surface area contributed by atoms with E-state index in [0.29, 0.717) is 5.92 Å². The van der Waals surface area contributed by atoms with Crippen LogP contribution in [-0.4, -0.2) is 21.0 Å². The van der Waals surface area contributed by atoms with Crippen molar-refractivity contribution in [2.75, 3.05) is 0 Å². The molecule has 3 nitrogen and oxygen atoms in total. The molecule has 1 aromatic rings. The lowest BCUT2D eigenvalue weighted by Gasteiger charge is -2.26. The lowest BCUT2D eigenvalue weighted by atomic mass is 9.85. The van der Waals surface area contributed by atoms with E-state index in [1.54, 1.807) is 6.20 Å². The van der Waals surface area contributed by atoms with Crippen molar-refractivity contribution < 1.29 is 5.11 Å². The molecule has 1 saturated carbocycles. The Labute approximate surface area is 95.0 Å². The topological polar surface area (TPSA) is 38.0 Å². The van der Waals surface area contributed by atoms with Gasteiger partial charge >= 0.3 is 0 Å². The normalized spacial score (nSPS) is 26.9. The lowest BCUT2D eigenvalue weighted by molar-refractivity contribution is 0.118. The minimum Gasteiger partial charge on any atom is -0.393 e. The van der Waals surface area contributed by atoms with Gasteiger partial charge in [0, 0.05) is 12.5 Å². The first kappa shape index (κ1) is 11.0. The Hall–Kier alpha value is -0.540. The van der Waals surface area contributed by atoms with Crippen molar-refractivity contribution in [1.29, 1.82) is 0 Å². The van der Waals surface area contributed by atoms with Crippen molar-refractivity contribution in [3.05, 3.63) is 16.9 Å². The number of aliphatic hydroxyl groups excluding tert-OH is 1. The standard InChI is InChI=1S/C11H17ClN2O/c1-2-14-11(10(12)7-13-14)8-4-3-5-9(15)6-8/h7-9,15H,2-6H2,1H3.